The Bertz CT molecular complexity index is 1050. The second-order valence-electron chi connectivity index (χ2n) is 6.14. The van der Waals surface area contributed by atoms with Crippen molar-refractivity contribution in [3.63, 3.8) is 0 Å². The first-order chi connectivity index (χ1) is 12.6. The fourth-order valence-corrected chi connectivity index (χ4v) is 3.14. The van der Waals surface area contributed by atoms with Gasteiger partial charge in [-0.25, -0.2) is 4.98 Å². The maximum atomic E-state index is 12.5. The van der Waals surface area contributed by atoms with Crippen molar-refractivity contribution in [2.45, 2.75) is 12.6 Å². The van der Waals surface area contributed by atoms with Gasteiger partial charge in [0, 0.05) is 0 Å². The van der Waals surface area contributed by atoms with Crippen LogP contribution in [0.3, 0.4) is 0 Å². The first-order valence-corrected chi connectivity index (χ1v) is 8.14. The summed E-state index contributed by atoms with van der Waals surface area (Å²) in [5, 5.41) is 10.8. The van der Waals surface area contributed by atoms with Gasteiger partial charge in [-0.15, -0.1) is 0 Å². The highest BCUT2D eigenvalue weighted by atomic mass is 16.3. The van der Waals surface area contributed by atoms with Crippen molar-refractivity contribution >= 4 is 22.7 Å². The van der Waals surface area contributed by atoms with Crippen LogP contribution in [-0.4, -0.2) is 44.0 Å². The molecule has 2 amide bonds. The van der Waals surface area contributed by atoms with Gasteiger partial charge < -0.3 is 5.11 Å². The van der Waals surface area contributed by atoms with Gasteiger partial charge in [-0.2, -0.15) is 0 Å². The third-order valence-corrected chi connectivity index (χ3v) is 4.41. The molecule has 3 aromatic rings. The van der Waals surface area contributed by atoms with Crippen molar-refractivity contribution in [1.82, 2.24) is 14.5 Å². The second-order valence-corrected chi connectivity index (χ2v) is 6.14. The standard InChI is InChI=1S/C19H15N3O4/c23-12(9-21-11-20-16-8-4-3-7-15(16)17(21)24)10-22-18(25)13-5-1-2-6-14(13)19(22)26/h1-8,11-12,23H,9-10H2/t12-/m1/s1. The molecule has 0 saturated heterocycles. The Labute approximate surface area is 148 Å². The van der Waals surface area contributed by atoms with E-state index in [9.17, 15) is 19.5 Å². The van der Waals surface area contributed by atoms with Crippen LogP contribution in [0.15, 0.2) is 59.7 Å². The molecule has 26 heavy (non-hydrogen) atoms. The second kappa shape index (κ2) is 6.20. The predicted octanol–water partition coefficient (Wildman–Crippen LogP) is 1.05. The molecule has 2 heterocycles. The van der Waals surface area contributed by atoms with E-state index in [1.807, 2.05) is 0 Å². The number of carbonyl (C=O) groups is 2. The Hall–Kier alpha value is -3.32. The summed E-state index contributed by atoms with van der Waals surface area (Å²) in [6, 6.07) is 13.5. The van der Waals surface area contributed by atoms with Gasteiger partial charge in [0.1, 0.15) is 0 Å². The van der Waals surface area contributed by atoms with Crippen LogP contribution in [0.25, 0.3) is 10.9 Å². The predicted molar refractivity (Wildman–Crippen MR) is 93.8 cm³/mol. The molecule has 1 atom stereocenters. The summed E-state index contributed by atoms with van der Waals surface area (Å²) in [7, 11) is 0. The molecule has 1 aliphatic rings. The summed E-state index contributed by atoms with van der Waals surface area (Å²) in [5.74, 6) is -0.873. The van der Waals surface area contributed by atoms with Crippen LogP contribution < -0.4 is 5.56 Å². The maximum Gasteiger partial charge on any atom is 0.261 e. The molecule has 7 heteroatoms. The summed E-state index contributed by atoms with van der Waals surface area (Å²) in [4.78, 5) is 42.4. The zero-order valence-corrected chi connectivity index (χ0v) is 13.7. The Morgan fingerprint density at radius 2 is 1.50 bits per heavy atom. The zero-order valence-electron chi connectivity index (χ0n) is 13.7. The van der Waals surface area contributed by atoms with E-state index >= 15 is 0 Å². The molecule has 1 aromatic heterocycles. The number of aliphatic hydroxyl groups excluding tert-OH is 1. The number of imide groups is 1. The minimum atomic E-state index is -1.09. The lowest BCUT2D eigenvalue weighted by Gasteiger charge is -2.19. The molecule has 1 aliphatic heterocycles. The summed E-state index contributed by atoms with van der Waals surface area (Å²) in [6.45, 7) is -0.254. The van der Waals surface area contributed by atoms with E-state index in [0.717, 1.165) is 4.90 Å². The van der Waals surface area contributed by atoms with E-state index in [-0.39, 0.29) is 18.6 Å². The fourth-order valence-electron chi connectivity index (χ4n) is 3.14. The van der Waals surface area contributed by atoms with Gasteiger partial charge in [0.25, 0.3) is 17.4 Å². The number of hydrogen-bond donors (Lipinski definition) is 1. The lowest BCUT2D eigenvalue weighted by Crippen LogP contribution is -2.40. The van der Waals surface area contributed by atoms with Crippen LogP contribution in [0.5, 0.6) is 0 Å². The minimum Gasteiger partial charge on any atom is -0.389 e. The first kappa shape index (κ1) is 16.2. The largest absolute Gasteiger partial charge is 0.389 e. The van der Waals surface area contributed by atoms with Crippen molar-refractivity contribution in [3.05, 3.63) is 76.3 Å². The van der Waals surface area contributed by atoms with Gasteiger partial charge in [-0.3, -0.25) is 23.9 Å². The molecular weight excluding hydrogens is 334 g/mol. The number of fused-ring (bicyclic) bond motifs is 2. The minimum absolute atomic E-state index is 0.0654. The average molecular weight is 349 g/mol. The number of nitrogens with zero attached hydrogens (tertiary/aromatic N) is 3. The first-order valence-electron chi connectivity index (χ1n) is 8.14. The molecule has 0 radical (unpaired) electrons. The summed E-state index contributed by atoms with van der Waals surface area (Å²) < 4.78 is 1.28. The molecule has 0 spiro atoms. The smallest absolute Gasteiger partial charge is 0.261 e. The van der Waals surface area contributed by atoms with Crippen molar-refractivity contribution in [2.24, 2.45) is 0 Å². The zero-order chi connectivity index (χ0) is 18.3. The lowest BCUT2D eigenvalue weighted by molar-refractivity contribution is 0.0519. The quantitative estimate of drug-likeness (QED) is 0.711. The van der Waals surface area contributed by atoms with E-state index in [1.54, 1.807) is 48.5 Å². The van der Waals surface area contributed by atoms with Crippen LogP contribution in [0.1, 0.15) is 20.7 Å². The number of β-amino-alcohol motifs (C(OH)–C–C–N with tert-alkyl or cyclic N) is 1. The third-order valence-electron chi connectivity index (χ3n) is 4.41. The highest BCUT2D eigenvalue weighted by molar-refractivity contribution is 6.21. The van der Waals surface area contributed by atoms with Gasteiger partial charge in [-0.05, 0) is 24.3 Å². The molecule has 4 rings (SSSR count). The molecule has 130 valence electrons. The number of aliphatic hydroxyl groups is 1. The van der Waals surface area contributed by atoms with Gasteiger partial charge in [0.2, 0.25) is 0 Å². The Balaban J connectivity index is 1.54. The van der Waals surface area contributed by atoms with Crippen molar-refractivity contribution in [1.29, 1.82) is 0 Å². The number of aromatic nitrogens is 2. The summed E-state index contributed by atoms with van der Waals surface area (Å²) >= 11 is 0. The molecule has 0 unspecified atom stereocenters. The van der Waals surface area contributed by atoms with Crippen LogP contribution >= 0.6 is 0 Å². The van der Waals surface area contributed by atoms with Crippen LogP contribution in [-0.2, 0) is 6.54 Å². The average Bonchev–Trinajstić information content (AvgIpc) is 2.89. The van der Waals surface area contributed by atoms with Gasteiger partial charge in [0.05, 0.1) is 47.6 Å². The highest BCUT2D eigenvalue weighted by Crippen LogP contribution is 2.22. The van der Waals surface area contributed by atoms with E-state index in [2.05, 4.69) is 4.98 Å². The topological polar surface area (TPSA) is 92.5 Å². The third kappa shape index (κ3) is 2.58. The van der Waals surface area contributed by atoms with Crippen molar-refractivity contribution in [2.75, 3.05) is 6.54 Å². The molecule has 2 aromatic carbocycles. The monoisotopic (exact) mass is 349 g/mol. The molecule has 7 nitrogen and oxygen atoms in total. The van der Waals surface area contributed by atoms with Crippen LogP contribution in [0, 0.1) is 0 Å². The Kier molecular flexibility index (Phi) is 3.85. The number of para-hydroxylation sites is 1. The van der Waals surface area contributed by atoms with E-state index < -0.39 is 17.9 Å². The van der Waals surface area contributed by atoms with E-state index in [0.29, 0.717) is 22.0 Å². The normalized spacial score (nSPS) is 14.7. The van der Waals surface area contributed by atoms with Gasteiger partial charge in [-0.1, -0.05) is 24.3 Å². The van der Waals surface area contributed by atoms with E-state index in [4.69, 9.17) is 0 Å². The molecule has 0 aliphatic carbocycles. The number of benzene rings is 2. The number of rotatable bonds is 4. The molecule has 0 bridgehead atoms. The highest BCUT2D eigenvalue weighted by Gasteiger charge is 2.36. The van der Waals surface area contributed by atoms with Crippen molar-refractivity contribution < 1.29 is 14.7 Å². The van der Waals surface area contributed by atoms with Crippen molar-refractivity contribution in [3.8, 4) is 0 Å². The molecule has 1 N–H and O–H groups in total. The fraction of sp³-hybridized carbons (Fsp3) is 0.158. The van der Waals surface area contributed by atoms with Crippen LogP contribution in [0.2, 0.25) is 0 Å². The van der Waals surface area contributed by atoms with Gasteiger partial charge in [0.15, 0.2) is 0 Å². The number of hydrogen-bond acceptors (Lipinski definition) is 5. The summed E-state index contributed by atoms with van der Waals surface area (Å²) in [6.07, 6.45) is 0.272. The maximum absolute atomic E-state index is 12.5. The van der Waals surface area contributed by atoms with Crippen LogP contribution in [0.4, 0.5) is 0 Å². The number of carbonyl (C=O) groups excluding carboxylic acids is 2. The Morgan fingerprint density at radius 3 is 2.19 bits per heavy atom. The SMILES string of the molecule is O=C1c2ccccc2C(=O)N1C[C@H](O)Cn1cnc2ccccc2c1=O. The Morgan fingerprint density at radius 1 is 0.885 bits per heavy atom. The molecule has 0 fully saturated rings. The lowest BCUT2D eigenvalue weighted by atomic mass is 10.1. The van der Waals surface area contributed by atoms with E-state index in [1.165, 1.54) is 10.9 Å². The summed E-state index contributed by atoms with van der Waals surface area (Å²) in [5.41, 5.74) is 0.948. The number of amides is 2. The van der Waals surface area contributed by atoms with Gasteiger partial charge >= 0.3 is 0 Å². The molecular formula is C19H15N3O4. The molecule has 0 saturated carbocycles.